The van der Waals surface area contributed by atoms with Gasteiger partial charge in [-0.15, -0.1) is 0 Å². The molecular weight excluding hydrogens is 242 g/mol. The number of H-pyrrole nitrogens is 1. The molecule has 106 valence electrons. The summed E-state index contributed by atoms with van der Waals surface area (Å²) in [6.07, 6.45) is 7.76. The van der Waals surface area contributed by atoms with Crippen molar-refractivity contribution in [1.82, 2.24) is 14.9 Å². The van der Waals surface area contributed by atoms with E-state index in [0.29, 0.717) is 5.69 Å². The van der Waals surface area contributed by atoms with Crippen LogP contribution in [0, 0.1) is 0 Å². The highest BCUT2D eigenvalue weighted by Gasteiger charge is 2.08. The minimum absolute atomic E-state index is 0.153. The molecule has 0 spiro atoms. The zero-order valence-electron chi connectivity index (χ0n) is 11.3. The lowest BCUT2D eigenvalue weighted by Gasteiger charge is -2.26. The van der Waals surface area contributed by atoms with Crippen LogP contribution in [0.3, 0.4) is 0 Å². The summed E-state index contributed by atoms with van der Waals surface area (Å²) in [7, 11) is 0. The van der Waals surface area contributed by atoms with Crippen molar-refractivity contribution in [2.45, 2.75) is 32.1 Å². The fourth-order valence-electron chi connectivity index (χ4n) is 2.40. The highest BCUT2D eigenvalue weighted by atomic mass is 16.1. The number of aromatic nitrogens is 2. The van der Waals surface area contributed by atoms with Gasteiger partial charge in [-0.25, -0.2) is 4.98 Å². The molecule has 1 aromatic rings. The van der Waals surface area contributed by atoms with E-state index in [1.165, 1.54) is 38.5 Å². The molecule has 0 saturated carbocycles. The number of nitrogens with zero attached hydrogens (tertiary/aromatic N) is 2. The quantitative estimate of drug-likeness (QED) is 0.669. The molecule has 1 aliphatic rings. The molecule has 2 heterocycles. The highest BCUT2D eigenvalue weighted by Crippen LogP contribution is 2.09. The summed E-state index contributed by atoms with van der Waals surface area (Å²) in [4.78, 5) is 20.4. The van der Waals surface area contributed by atoms with Crippen molar-refractivity contribution in [3.63, 3.8) is 0 Å². The normalized spacial score (nSPS) is 16.4. The first-order valence-corrected chi connectivity index (χ1v) is 7.07. The number of anilines is 2. The summed E-state index contributed by atoms with van der Waals surface area (Å²) >= 11 is 0. The Labute approximate surface area is 113 Å². The third-order valence-corrected chi connectivity index (χ3v) is 3.48. The van der Waals surface area contributed by atoms with E-state index in [4.69, 9.17) is 5.73 Å². The number of hydrogen-bond acceptors (Lipinski definition) is 5. The first-order chi connectivity index (χ1) is 9.25. The lowest BCUT2D eigenvalue weighted by atomic mass is 10.1. The molecule has 0 unspecified atom stereocenters. The van der Waals surface area contributed by atoms with E-state index in [2.05, 4.69) is 20.2 Å². The van der Waals surface area contributed by atoms with E-state index in [1.807, 2.05) is 0 Å². The number of nitrogen functional groups attached to an aromatic ring is 1. The molecule has 0 aromatic carbocycles. The zero-order valence-corrected chi connectivity index (χ0v) is 11.3. The number of aromatic amines is 1. The van der Waals surface area contributed by atoms with Crippen LogP contribution in [0.4, 0.5) is 11.6 Å². The Balaban J connectivity index is 1.62. The minimum Gasteiger partial charge on any atom is -0.379 e. The third-order valence-electron chi connectivity index (χ3n) is 3.48. The van der Waals surface area contributed by atoms with Gasteiger partial charge in [0.2, 0.25) is 0 Å². The number of unbranched alkanes of at least 4 members (excludes halogenated alkanes) is 1. The maximum atomic E-state index is 11.5. The fourth-order valence-corrected chi connectivity index (χ4v) is 2.40. The molecule has 0 bridgehead atoms. The van der Waals surface area contributed by atoms with Crippen molar-refractivity contribution in [2.24, 2.45) is 0 Å². The van der Waals surface area contributed by atoms with Gasteiger partial charge in [-0.2, -0.15) is 0 Å². The average Bonchev–Trinajstić information content (AvgIpc) is 2.42. The van der Waals surface area contributed by atoms with Crippen LogP contribution < -0.4 is 16.6 Å². The number of likely N-dealkylation sites (tertiary alicyclic amines) is 1. The second-order valence-corrected chi connectivity index (χ2v) is 5.05. The van der Waals surface area contributed by atoms with Gasteiger partial charge < -0.3 is 16.0 Å². The number of nitrogens with two attached hydrogens (primary N) is 1. The monoisotopic (exact) mass is 265 g/mol. The summed E-state index contributed by atoms with van der Waals surface area (Å²) in [6, 6.07) is 0. The first-order valence-electron chi connectivity index (χ1n) is 7.07. The smallest absolute Gasteiger partial charge is 0.275 e. The molecule has 1 fully saturated rings. The van der Waals surface area contributed by atoms with Crippen LogP contribution in [-0.4, -0.2) is 41.0 Å². The molecule has 2 rings (SSSR count). The molecule has 0 aliphatic carbocycles. The van der Waals surface area contributed by atoms with Gasteiger partial charge in [-0.3, -0.25) is 9.78 Å². The van der Waals surface area contributed by atoms with E-state index < -0.39 is 0 Å². The van der Waals surface area contributed by atoms with Crippen LogP contribution in [0.2, 0.25) is 0 Å². The Morgan fingerprint density at radius 2 is 2.11 bits per heavy atom. The van der Waals surface area contributed by atoms with E-state index in [0.717, 1.165) is 25.9 Å². The predicted octanol–water partition coefficient (Wildman–Crippen LogP) is 1.03. The lowest BCUT2D eigenvalue weighted by molar-refractivity contribution is 0.225. The third kappa shape index (κ3) is 4.55. The highest BCUT2D eigenvalue weighted by molar-refractivity contribution is 5.39. The van der Waals surface area contributed by atoms with Crippen LogP contribution in [0.1, 0.15) is 32.1 Å². The number of piperidine rings is 1. The number of hydrogen-bond donors (Lipinski definition) is 3. The Morgan fingerprint density at radius 1 is 1.32 bits per heavy atom. The van der Waals surface area contributed by atoms with E-state index in [-0.39, 0.29) is 11.5 Å². The lowest BCUT2D eigenvalue weighted by Crippen LogP contribution is -2.30. The van der Waals surface area contributed by atoms with E-state index in [9.17, 15) is 4.79 Å². The van der Waals surface area contributed by atoms with Crippen molar-refractivity contribution >= 4 is 11.6 Å². The molecule has 4 N–H and O–H groups in total. The summed E-state index contributed by atoms with van der Waals surface area (Å²) < 4.78 is 0. The van der Waals surface area contributed by atoms with Gasteiger partial charge in [0.15, 0.2) is 5.95 Å². The molecule has 1 saturated heterocycles. The zero-order chi connectivity index (χ0) is 13.5. The van der Waals surface area contributed by atoms with Gasteiger partial charge in [-0.05, 0) is 45.3 Å². The average molecular weight is 265 g/mol. The molecule has 0 radical (unpaired) electrons. The first kappa shape index (κ1) is 13.9. The van der Waals surface area contributed by atoms with Crippen molar-refractivity contribution in [3.05, 3.63) is 16.6 Å². The van der Waals surface area contributed by atoms with Crippen LogP contribution in [0.25, 0.3) is 0 Å². The van der Waals surface area contributed by atoms with Crippen LogP contribution >= 0.6 is 0 Å². The minimum atomic E-state index is -0.205. The van der Waals surface area contributed by atoms with Crippen molar-refractivity contribution in [3.8, 4) is 0 Å². The van der Waals surface area contributed by atoms with Gasteiger partial charge in [0.1, 0.15) is 5.69 Å². The molecule has 6 heteroatoms. The maximum absolute atomic E-state index is 11.5. The van der Waals surface area contributed by atoms with Gasteiger partial charge in [0.05, 0.1) is 6.20 Å². The Hall–Kier alpha value is -1.56. The number of nitrogens with one attached hydrogen (secondary N) is 2. The van der Waals surface area contributed by atoms with Crippen LogP contribution in [0.5, 0.6) is 0 Å². The topological polar surface area (TPSA) is 87.0 Å². The molecular formula is C13H23N5O. The van der Waals surface area contributed by atoms with E-state index in [1.54, 1.807) is 0 Å². The number of rotatable bonds is 6. The second-order valence-electron chi connectivity index (χ2n) is 5.05. The summed E-state index contributed by atoms with van der Waals surface area (Å²) in [5, 5.41) is 3.10. The van der Waals surface area contributed by atoms with Gasteiger partial charge in [0, 0.05) is 6.54 Å². The molecule has 0 atom stereocenters. The molecule has 6 nitrogen and oxygen atoms in total. The summed E-state index contributed by atoms with van der Waals surface area (Å²) in [5.74, 6) is 0.153. The van der Waals surface area contributed by atoms with Crippen molar-refractivity contribution in [1.29, 1.82) is 0 Å². The van der Waals surface area contributed by atoms with E-state index >= 15 is 0 Å². The Kier molecular flexibility index (Phi) is 5.20. The molecule has 1 aliphatic heterocycles. The largest absolute Gasteiger partial charge is 0.379 e. The fraction of sp³-hybridized carbons (Fsp3) is 0.692. The van der Waals surface area contributed by atoms with Crippen LogP contribution in [0.15, 0.2) is 11.0 Å². The Bertz CT molecular complexity index is 439. The predicted molar refractivity (Wildman–Crippen MR) is 77.3 cm³/mol. The summed E-state index contributed by atoms with van der Waals surface area (Å²) in [6.45, 7) is 4.45. The van der Waals surface area contributed by atoms with Crippen LogP contribution in [-0.2, 0) is 0 Å². The summed E-state index contributed by atoms with van der Waals surface area (Å²) in [5.41, 5.74) is 5.67. The standard InChI is InChI=1S/C13H23N5O/c14-13-16-10-11(12(19)17-13)15-6-2-5-9-18-7-3-1-4-8-18/h10,15H,1-9H2,(H3,14,16,17,19). The van der Waals surface area contributed by atoms with Gasteiger partial charge in [0.25, 0.3) is 5.56 Å². The van der Waals surface area contributed by atoms with Gasteiger partial charge >= 0.3 is 0 Å². The second kappa shape index (κ2) is 7.13. The molecule has 0 amide bonds. The maximum Gasteiger partial charge on any atom is 0.275 e. The van der Waals surface area contributed by atoms with Gasteiger partial charge in [-0.1, -0.05) is 6.42 Å². The Morgan fingerprint density at radius 3 is 2.84 bits per heavy atom. The molecule has 1 aromatic heterocycles. The molecule has 19 heavy (non-hydrogen) atoms. The van der Waals surface area contributed by atoms with Crippen molar-refractivity contribution < 1.29 is 0 Å². The van der Waals surface area contributed by atoms with Crippen molar-refractivity contribution in [2.75, 3.05) is 37.2 Å². The SMILES string of the molecule is Nc1ncc(NCCCCN2CCCCC2)c(=O)[nH]1.